The molecule has 0 radical (unpaired) electrons. The quantitative estimate of drug-likeness (QED) is 0.649. The van der Waals surface area contributed by atoms with E-state index in [4.69, 9.17) is 9.47 Å². The third-order valence-corrected chi connectivity index (χ3v) is 6.06. The van der Waals surface area contributed by atoms with Crippen LogP contribution in [-0.2, 0) is 31.7 Å². The van der Waals surface area contributed by atoms with E-state index < -0.39 is 27.4 Å². The van der Waals surface area contributed by atoms with Gasteiger partial charge >= 0.3 is 5.97 Å². The summed E-state index contributed by atoms with van der Waals surface area (Å²) >= 11 is 0. The minimum Gasteiger partial charge on any atom is -0.497 e. The van der Waals surface area contributed by atoms with Gasteiger partial charge in [-0.05, 0) is 43.5 Å². The number of benzene rings is 2. The smallest absolute Gasteiger partial charge is 0.312 e. The van der Waals surface area contributed by atoms with Crippen LogP contribution in [0.5, 0.6) is 5.75 Å². The molecule has 28 heavy (non-hydrogen) atoms. The summed E-state index contributed by atoms with van der Waals surface area (Å²) in [6, 6.07) is 15.5. The molecule has 0 fully saturated rings. The van der Waals surface area contributed by atoms with Gasteiger partial charge < -0.3 is 9.47 Å². The van der Waals surface area contributed by atoms with Crippen LogP contribution in [0.2, 0.25) is 0 Å². The van der Waals surface area contributed by atoms with Crippen molar-refractivity contribution < 1.29 is 22.7 Å². The molecule has 6 nitrogen and oxygen atoms in total. The number of esters is 1. The van der Waals surface area contributed by atoms with Crippen molar-refractivity contribution in [3.05, 3.63) is 65.7 Å². The summed E-state index contributed by atoms with van der Waals surface area (Å²) in [5.41, 5.74) is 0.498. The van der Waals surface area contributed by atoms with E-state index in [2.05, 4.69) is 4.72 Å². The number of hydrogen-bond acceptors (Lipinski definition) is 5. The number of carbonyl (C=O) groups excluding carboxylic acids is 1. The van der Waals surface area contributed by atoms with E-state index in [9.17, 15) is 13.2 Å². The summed E-state index contributed by atoms with van der Waals surface area (Å²) in [6.07, 6.45) is 0.333. The standard InChI is InChI=1S/C21H27NO5S/c1-21(2,20(23)27-4)19(14-16-10-12-18(26-3)13-11-16)22-28(24,25)15-17-8-6-5-7-9-17/h5-13,19,22H,14-15H2,1-4H3. The van der Waals surface area contributed by atoms with Crippen LogP contribution in [0.15, 0.2) is 54.6 Å². The van der Waals surface area contributed by atoms with Crippen molar-refractivity contribution >= 4 is 16.0 Å². The minimum absolute atomic E-state index is 0.162. The molecule has 0 aliphatic carbocycles. The first-order valence-electron chi connectivity index (χ1n) is 8.93. The van der Waals surface area contributed by atoms with Crippen molar-refractivity contribution in [2.45, 2.75) is 32.1 Å². The predicted molar refractivity (Wildman–Crippen MR) is 108 cm³/mol. The predicted octanol–water partition coefficient (Wildman–Crippen LogP) is 2.93. The second-order valence-corrected chi connectivity index (χ2v) is 8.93. The van der Waals surface area contributed by atoms with E-state index in [-0.39, 0.29) is 5.75 Å². The van der Waals surface area contributed by atoms with Gasteiger partial charge in [0.1, 0.15) is 5.75 Å². The van der Waals surface area contributed by atoms with E-state index in [1.165, 1.54) is 7.11 Å². The topological polar surface area (TPSA) is 81.7 Å². The molecule has 2 rings (SSSR count). The average Bonchev–Trinajstić information content (AvgIpc) is 2.67. The lowest BCUT2D eigenvalue weighted by Gasteiger charge is -2.32. The van der Waals surface area contributed by atoms with E-state index in [1.807, 2.05) is 18.2 Å². The van der Waals surface area contributed by atoms with Crippen molar-refractivity contribution in [3.63, 3.8) is 0 Å². The Labute approximate surface area is 166 Å². The second kappa shape index (κ2) is 9.21. The number of methoxy groups -OCH3 is 2. The van der Waals surface area contributed by atoms with Gasteiger partial charge in [0.05, 0.1) is 25.4 Å². The molecule has 0 aromatic heterocycles. The number of ether oxygens (including phenoxy) is 2. The van der Waals surface area contributed by atoms with Crippen LogP contribution in [0.25, 0.3) is 0 Å². The molecule has 0 saturated carbocycles. The average molecular weight is 406 g/mol. The Morgan fingerprint density at radius 3 is 2.14 bits per heavy atom. The molecule has 0 heterocycles. The third kappa shape index (κ3) is 5.81. The van der Waals surface area contributed by atoms with Gasteiger partial charge in [-0.25, -0.2) is 13.1 Å². The lowest BCUT2D eigenvalue weighted by atomic mass is 9.81. The number of nitrogens with one attached hydrogen (secondary N) is 1. The summed E-state index contributed by atoms with van der Waals surface area (Å²) in [4.78, 5) is 12.3. The van der Waals surface area contributed by atoms with E-state index >= 15 is 0 Å². The molecule has 0 saturated heterocycles. The third-order valence-electron chi connectivity index (χ3n) is 4.70. The van der Waals surface area contributed by atoms with Crippen molar-refractivity contribution in [2.24, 2.45) is 5.41 Å². The summed E-state index contributed by atoms with van der Waals surface area (Å²) in [5.74, 6) is 0.0649. The highest BCUT2D eigenvalue weighted by atomic mass is 32.2. The second-order valence-electron chi connectivity index (χ2n) is 7.18. The van der Waals surface area contributed by atoms with Gasteiger partial charge in [-0.2, -0.15) is 0 Å². The molecule has 1 N–H and O–H groups in total. The molecule has 0 spiro atoms. The Morgan fingerprint density at radius 1 is 1.00 bits per heavy atom. The maximum atomic E-state index is 12.8. The SMILES string of the molecule is COC(=O)C(C)(C)C(Cc1ccc(OC)cc1)NS(=O)(=O)Cc1ccccc1. The summed E-state index contributed by atoms with van der Waals surface area (Å²) in [6.45, 7) is 3.36. The van der Waals surface area contributed by atoms with Crippen molar-refractivity contribution in [1.29, 1.82) is 0 Å². The van der Waals surface area contributed by atoms with Crippen LogP contribution in [0.4, 0.5) is 0 Å². The lowest BCUT2D eigenvalue weighted by Crippen LogP contribution is -2.50. The van der Waals surface area contributed by atoms with Gasteiger partial charge in [0, 0.05) is 6.04 Å². The van der Waals surface area contributed by atoms with Crippen LogP contribution in [-0.4, -0.2) is 34.6 Å². The number of carbonyl (C=O) groups is 1. The zero-order valence-corrected chi connectivity index (χ0v) is 17.5. The molecule has 1 unspecified atom stereocenters. The Kier molecular flexibility index (Phi) is 7.21. The molecule has 0 bridgehead atoms. The van der Waals surface area contributed by atoms with Crippen LogP contribution in [0.3, 0.4) is 0 Å². The van der Waals surface area contributed by atoms with Gasteiger partial charge in [0.2, 0.25) is 10.0 Å². The molecule has 0 amide bonds. The van der Waals surface area contributed by atoms with Gasteiger partial charge in [0.15, 0.2) is 0 Å². The fraction of sp³-hybridized carbons (Fsp3) is 0.381. The highest BCUT2D eigenvalue weighted by Crippen LogP contribution is 2.27. The molecule has 0 aliphatic heterocycles. The van der Waals surface area contributed by atoms with E-state index in [0.29, 0.717) is 17.7 Å². The molecular weight excluding hydrogens is 378 g/mol. The van der Waals surface area contributed by atoms with E-state index in [0.717, 1.165) is 5.56 Å². The molecular formula is C21H27NO5S. The van der Waals surface area contributed by atoms with E-state index in [1.54, 1.807) is 57.4 Å². The Morgan fingerprint density at radius 2 is 1.61 bits per heavy atom. The van der Waals surface area contributed by atoms with Crippen molar-refractivity contribution in [1.82, 2.24) is 4.72 Å². The number of hydrogen-bond donors (Lipinski definition) is 1. The summed E-state index contributed by atoms with van der Waals surface area (Å²) in [7, 11) is -0.796. The first kappa shape index (κ1) is 21.9. The first-order valence-corrected chi connectivity index (χ1v) is 10.6. The molecule has 152 valence electrons. The Balaban J connectivity index is 2.27. The van der Waals surface area contributed by atoms with Gasteiger partial charge in [0.25, 0.3) is 0 Å². The van der Waals surface area contributed by atoms with Crippen LogP contribution < -0.4 is 9.46 Å². The zero-order valence-electron chi connectivity index (χ0n) is 16.6. The van der Waals surface area contributed by atoms with Gasteiger partial charge in [-0.1, -0.05) is 42.5 Å². The normalized spacial score (nSPS) is 13.0. The monoisotopic (exact) mass is 405 g/mol. The molecule has 0 aliphatic rings. The Hall–Kier alpha value is -2.38. The number of sulfonamides is 1. The minimum atomic E-state index is -3.67. The Bertz CT molecular complexity index is 877. The molecule has 2 aromatic rings. The van der Waals surface area contributed by atoms with Crippen LogP contribution in [0.1, 0.15) is 25.0 Å². The molecule has 1 atom stereocenters. The summed E-state index contributed by atoms with van der Waals surface area (Å²) in [5, 5.41) is 0. The maximum Gasteiger partial charge on any atom is 0.312 e. The van der Waals surface area contributed by atoms with Crippen molar-refractivity contribution in [2.75, 3.05) is 14.2 Å². The lowest BCUT2D eigenvalue weighted by molar-refractivity contribution is -0.152. The summed E-state index contributed by atoms with van der Waals surface area (Å²) < 4.78 is 38.3. The highest BCUT2D eigenvalue weighted by Gasteiger charge is 2.40. The van der Waals surface area contributed by atoms with Gasteiger partial charge in [-0.15, -0.1) is 0 Å². The molecule has 7 heteroatoms. The first-order chi connectivity index (χ1) is 13.2. The highest BCUT2D eigenvalue weighted by molar-refractivity contribution is 7.88. The van der Waals surface area contributed by atoms with Crippen LogP contribution in [0, 0.1) is 5.41 Å². The van der Waals surface area contributed by atoms with Crippen molar-refractivity contribution in [3.8, 4) is 5.75 Å². The van der Waals surface area contributed by atoms with Crippen LogP contribution >= 0.6 is 0 Å². The zero-order chi connectivity index (χ0) is 20.8. The largest absolute Gasteiger partial charge is 0.497 e. The van der Waals surface area contributed by atoms with Gasteiger partial charge in [-0.3, -0.25) is 4.79 Å². The fourth-order valence-corrected chi connectivity index (χ4v) is 4.42. The number of rotatable bonds is 9. The molecule has 2 aromatic carbocycles. The fourth-order valence-electron chi connectivity index (χ4n) is 2.90. The maximum absolute atomic E-state index is 12.8.